The number of rotatable bonds is 4. The molecule has 1 aromatic carbocycles. The van der Waals surface area contributed by atoms with Crippen LogP contribution >= 0.6 is 0 Å². The van der Waals surface area contributed by atoms with Gasteiger partial charge < -0.3 is 21.4 Å². The van der Waals surface area contributed by atoms with E-state index in [1.165, 1.54) is 6.07 Å². The second-order valence-electron chi connectivity index (χ2n) is 5.59. The fourth-order valence-corrected chi connectivity index (χ4v) is 2.49. The van der Waals surface area contributed by atoms with Crippen LogP contribution in [-0.4, -0.2) is 14.5 Å². The molecule has 24 heavy (non-hydrogen) atoms. The number of pyridine rings is 1. The molecule has 7 heteroatoms. The van der Waals surface area contributed by atoms with Crippen molar-refractivity contribution >= 4 is 17.3 Å². The summed E-state index contributed by atoms with van der Waals surface area (Å²) in [6.07, 6.45) is 3.38. The number of imidazole rings is 1. The Hall–Kier alpha value is -3.09. The predicted octanol–water partition coefficient (Wildman–Crippen LogP) is 3.05. The third-order valence-corrected chi connectivity index (χ3v) is 3.88. The van der Waals surface area contributed by atoms with Crippen molar-refractivity contribution in [3.05, 3.63) is 59.9 Å². The standard InChI is InChI=1S/C17H19FN6/c1-10(22-16-6-4-14(19)17(20)23-16)12-3-5-15(13(18)9-12)24-8-7-21-11(24)2/h3-10H,19H2,1-2H3,(H3,20,22,23). The van der Waals surface area contributed by atoms with Gasteiger partial charge in [0.1, 0.15) is 23.3 Å². The lowest BCUT2D eigenvalue weighted by Gasteiger charge is -2.17. The van der Waals surface area contributed by atoms with E-state index in [1.54, 1.807) is 35.2 Å². The number of aryl methyl sites for hydroxylation is 1. The smallest absolute Gasteiger partial charge is 0.149 e. The second-order valence-corrected chi connectivity index (χ2v) is 5.59. The van der Waals surface area contributed by atoms with E-state index in [-0.39, 0.29) is 17.7 Å². The summed E-state index contributed by atoms with van der Waals surface area (Å²) in [6, 6.07) is 8.39. The number of halogens is 1. The first-order chi connectivity index (χ1) is 11.5. The van der Waals surface area contributed by atoms with Gasteiger partial charge >= 0.3 is 0 Å². The topological polar surface area (TPSA) is 94.8 Å². The van der Waals surface area contributed by atoms with Crippen molar-refractivity contribution in [1.29, 1.82) is 0 Å². The lowest BCUT2D eigenvalue weighted by molar-refractivity contribution is 0.612. The Morgan fingerprint density at radius 1 is 1.21 bits per heavy atom. The number of nitrogen functional groups attached to an aromatic ring is 2. The quantitative estimate of drug-likeness (QED) is 0.685. The molecule has 2 aromatic heterocycles. The summed E-state index contributed by atoms with van der Waals surface area (Å²) in [5.41, 5.74) is 13.1. The van der Waals surface area contributed by atoms with Crippen LogP contribution in [0.5, 0.6) is 0 Å². The molecule has 1 atom stereocenters. The third kappa shape index (κ3) is 3.01. The van der Waals surface area contributed by atoms with Crippen molar-refractivity contribution in [2.75, 3.05) is 16.8 Å². The van der Waals surface area contributed by atoms with E-state index in [9.17, 15) is 4.39 Å². The van der Waals surface area contributed by atoms with E-state index in [4.69, 9.17) is 11.5 Å². The molecule has 2 heterocycles. The van der Waals surface area contributed by atoms with Gasteiger partial charge in [0.2, 0.25) is 0 Å². The molecule has 3 rings (SSSR count). The molecule has 0 bridgehead atoms. The van der Waals surface area contributed by atoms with Gasteiger partial charge in [0.25, 0.3) is 0 Å². The van der Waals surface area contributed by atoms with Crippen LogP contribution in [-0.2, 0) is 0 Å². The molecule has 6 nitrogen and oxygen atoms in total. The maximum atomic E-state index is 14.5. The van der Waals surface area contributed by atoms with Crippen molar-refractivity contribution in [1.82, 2.24) is 14.5 Å². The molecule has 0 fully saturated rings. The maximum absolute atomic E-state index is 14.5. The molecule has 0 aliphatic carbocycles. The van der Waals surface area contributed by atoms with E-state index in [1.807, 2.05) is 19.9 Å². The van der Waals surface area contributed by atoms with Crippen molar-refractivity contribution in [3.8, 4) is 5.69 Å². The summed E-state index contributed by atoms with van der Waals surface area (Å²) in [6.45, 7) is 3.75. The molecule has 0 amide bonds. The summed E-state index contributed by atoms with van der Waals surface area (Å²) in [7, 11) is 0. The lowest BCUT2D eigenvalue weighted by Crippen LogP contribution is -2.10. The van der Waals surface area contributed by atoms with Gasteiger partial charge in [-0.3, -0.25) is 0 Å². The van der Waals surface area contributed by atoms with Gasteiger partial charge in [0.15, 0.2) is 0 Å². The van der Waals surface area contributed by atoms with Crippen molar-refractivity contribution in [2.45, 2.75) is 19.9 Å². The van der Waals surface area contributed by atoms with Crippen LogP contribution in [0.4, 0.5) is 21.7 Å². The number of benzene rings is 1. The van der Waals surface area contributed by atoms with Gasteiger partial charge in [-0.15, -0.1) is 0 Å². The molecular formula is C17H19FN6. The molecule has 124 valence electrons. The first kappa shape index (κ1) is 15.8. The molecule has 0 aliphatic rings. The Morgan fingerprint density at radius 3 is 2.62 bits per heavy atom. The average Bonchev–Trinajstić information content (AvgIpc) is 2.96. The van der Waals surface area contributed by atoms with Gasteiger partial charge in [-0.2, -0.15) is 0 Å². The van der Waals surface area contributed by atoms with Crippen LogP contribution in [0, 0.1) is 12.7 Å². The molecule has 0 spiro atoms. The molecule has 5 N–H and O–H groups in total. The highest BCUT2D eigenvalue weighted by Crippen LogP contribution is 2.24. The minimum atomic E-state index is -0.313. The van der Waals surface area contributed by atoms with E-state index in [0.29, 0.717) is 17.2 Å². The van der Waals surface area contributed by atoms with Gasteiger partial charge in [-0.1, -0.05) is 6.07 Å². The third-order valence-electron chi connectivity index (χ3n) is 3.88. The Morgan fingerprint density at radius 2 is 2.00 bits per heavy atom. The SMILES string of the molecule is Cc1nccn1-c1ccc(C(C)Nc2ccc(N)c(N)n2)cc1F. The average molecular weight is 326 g/mol. The van der Waals surface area contributed by atoms with Crippen molar-refractivity contribution in [2.24, 2.45) is 0 Å². The zero-order chi connectivity index (χ0) is 17.3. The summed E-state index contributed by atoms with van der Waals surface area (Å²) in [5.74, 6) is 1.27. The van der Waals surface area contributed by atoms with Crippen LogP contribution in [0.1, 0.15) is 24.4 Å². The summed E-state index contributed by atoms with van der Waals surface area (Å²) in [5, 5.41) is 3.19. The van der Waals surface area contributed by atoms with Gasteiger partial charge in [0, 0.05) is 12.4 Å². The number of nitrogens with one attached hydrogen (secondary N) is 1. The first-order valence-electron chi connectivity index (χ1n) is 7.54. The fraction of sp³-hybridized carbons (Fsp3) is 0.176. The van der Waals surface area contributed by atoms with Crippen LogP contribution in [0.3, 0.4) is 0 Å². The van der Waals surface area contributed by atoms with Gasteiger partial charge in [-0.25, -0.2) is 14.4 Å². The minimum Gasteiger partial charge on any atom is -0.396 e. The minimum absolute atomic E-state index is 0.145. The van der Waals surface area contributed by atoms with E-state index >= 15 is 0 Å². The van der Waals surface area contributed by atoms with Gasteiger partial charge in [0.05, 0.1) is 17.4 Å². The normalized spacial score (nSPS) is 12.1. The van der Waals surface area contributed by atoms with Crippen molar-refractivity contribution in [3.63, 3.8) is 0 Å². The summed E-state index contributed by atoms with van der Waals surface area (Å²) >= 11 is 0. The zero-order valence-electron chi connectivity index (χ0n) is 13.5. The zero-order valence-corrected chi connectivity index (χ0v) is 13.5. The molecule has 3 aromatic rings. The fourth-order valence-electron chi connectivity index (χ4n) is 2.49. The molecular weight excluding hydrogens is 307 g/mol. The number of nitrogens with zero attached hydrogens (tertiary/aromatic N) is 3. The van der Waals surface area contributed by atoms with Crippen LogP contribution in [0.15, 0.2) is 42.7 Å². The highest BCUT2D eigenvalue weighted by molar-refractivity contribution is 5.61. The predicted molar refractivity (Wildman–Crippen MR) is 93.4 cm³/mol. The maximum Gasteiger partial charge on any atom is 0.149 e. The van der Waals surface area contributed by atoms with Gasteiger partial charge in [-0.05, 0) is 43.7 Å². The highest BCUT2D eigenvalue weighted by atomic mass is 19.1. The van der Waals surface area contributed by atoms with E-state index in [2.05, 4.69) is 15.3 Å². The summed E-state index contributed by atoms with van der Waals surface area (Å²) < 4.78 is 16.2. The number of hydrogen-bond donors (Lipinski definition) is 3. The largest absolute Gasteiger partial charge is 0.396 e. The van der Waals surface area contributed by atoms with Crippen molar-refractivity contribution < 1.29 is 4.39 Å². The van der Waals surface area contributed by atoms with E-state index in [0.717, 1.165) is 11.4 Å². The monoisotopic (exact) mass is 326 g/mol. The van der Waals surface area contributed by atoms with Crippen LogP contribution in [0.2, 0.25) is 0 Å². The highest BCUT2D eigenvalue weighted by Gasteiger charge is 2.12. The molecule has 0 saturated carbocycles. The number of anilines is 3. The van der Waals surface area contributed by atoms with Crippen LogP contribution in [0.25, 0.3) is 5.69 Å². The lowest BCUT2D eigenvalue weighted by atomic mass is 10.1. The second kappa shape index (κ2) is 6.19. The molecule has 0 aliphatic heterocycles. The molecule has 0 saturated heterocycles. The Labute approximate surface area is 139 Å². The Balaban J connectivity index is 1.83. The number of aromatic nitrogens is 3. The Kier molecular flexibility index (Phi) is 4.07. The van der Waals surface area contributed by atoms with E-state index < -0.39 is 0 Å². The Bertz CT molecular complexity index is 873. The van der Waals surface area contributed by atoms with Crippen LogP contribution < -0.4 is 16.8 Å². The molecule has 1 unspecified atom stereocenters. The number of nitrogens with two attached hydrogens (primary N) is 2. The number of hydrogen-bond acceptors (Lipinski definition) is 5. The molecule has 0 radical (unpaired) electrons. The summed E-state index contributed by atoms with van der Waals surface area (Å²) in [4.78, 5) is 8.28. The first-order valence-corrected chi connectivity index (χ1v) is 7.54.